The van der Waals surface area contributed by atoms with Crippen LogP contribution >= 0.6 is 0 Å². The first-order chi connectivity index (χ1) is 9.11. The van der Waals surface area contributed by atoms with Crippen LogP contribution < -0.4 is 0 Å². The number of ether oxygens (including phenoxy) is 2. The van der Waals surface area contributed by atoms with Crippen molar-refractivity contribution in [3.8, 4) is 0 Å². The Bertz CT molecular complexity index is 412. The molecule has 19 heavy (non-hydrogen) atoms. The molecule has 0 heterocycles. The Morgan fingerprint density at radius 3 is 2.63 bits per heavy atom. The molecule has 4 heteroatoms. The number of fused-ring (bicyclic) bond motifs is 1. The molecule has 2 saturated carbocycles. The molecule has 1 spiro atoms. The quantitative estimate of drug-likeness (QED) is 0.610. The molecule has 0 amide bonds. The van der Waals surface area contributed by atoms with E-state index < -0.39 is 17.3 Å². The van der Waals surface area contributed by atoms with Crippen molar-refractivity contribution in [1.29, 1.82) is 0 Å². The molecular formula is C15H22O4. The first-order valence-corrected chi connectivity index (χ1v) is 7.14. The summed E-state index contributed by atoms with van der Waals surface area (Å²) in [5.74, 6) is -1.09. The van der Waals surface area contributed by atoms with Gasteiger partial charge in [0.1, 0.15) is 0 Å². The molecule has 2 bridgehead atoms. The van der Waals surface area contributed by atoms with E-state index in [0.717, 1.165) is 25.7 Å². The third kappa shape index (κ3) is 1.48. The van der Waals surface area contributed by atoms with Gasteiger partial charge in [-0.05, 0) is 25.2 Å². The van der Waals surface area contributed by atoms with Gasteiger partial charge in [-0.3, -0.25) is 4.79 Å². The van der Waals surface area contributed by atoms with Crippen LogP contribution in [0, 0.1) is 17.3 Å². The lowest BCUT2D eigenvalue weighted by Crippen LogP contribution is -2.66. The second kappa shape index (κ2) is 4.40. The maximum atomic E-state index is 13.0. The molecule has 2 fully saturated rings. The van der Waals surface area contributed by atoms with E-state index in [0.29, 0.717) is 6.42 Å². The summed E-state index contributed by atoms with van der Waals surface area (Å²) in [7, 11) is 3.04. The van der Waals surface area contributed by atoms with E-state index in [9.17, 15) is 9.90 Å². The summed E-state index contributed by atoms with van der Waals surface area (Å²) in [5, 5.41) is 10.6. The van der Waals surface area contributed by atoms with Crippen LogP contribution in [-0.2, 0) is 14.3 Å². The molecule has 0 saturated heterocycles. The molecule has 2 unspecified atom stereocenters. The number of carbonyl (C=O) groups excluding carboxylic acids is 1. The first kappa shape index (κ1) is 13.3. The van der Waals surface area contributed by atoms with Gasteiger partial charge in [0.2, 0.25) is 11.6 Å². The Labute approximate surface area is 113 Å². The Morgan fingerprint density at radius 2 is 1.95 bits per heavy atom. The summed E-state index contributed by atoms with van der Waals surface area (Å²) in [6.45, 7) is 0. The molecule has 1 N–H and O–H groups in total. The van der Waals surface area contributed by atoms with Crippen molar-refractivity contribution in [3.63, 3.8) is 0 Å². The molecule has 4 rings (SSSR count). The van der Waals surface area contributed by atoms with Gasteiger partial charge in [0.25, 0.3) is 0 Å². The fourth-order valence-corrected chi connectivity index (χ4v) is 4.43. The number of ketones is 1. The Morgan fingerprint density at radius 1 is 1.26 bits per heavy atom. The zero-order valence-corrected chi connectivity index (χ0v) is 11.6. The summed E-state index contributed by atoms with van der Waals surface area (Å²) >= 11 is 0. The summed E-state index contributed by atoms with van der Waals surface area (Å²) in [5.41, 5.74) is -0.794. The minimum Gasteiger partial charge on any atom is -0.392 e. The number of hydrogen-bond donors (Lipinski definition) is 1. The van der Waals surface area contributed by atoms with Crippen molar-refractivity contribution in [2.75, 3.05) is 14.2 Å². The van der Waals surface area contributed by atoms with E-state index >= 15 is 0 Å². The van der Waals surface area contributed by atoms with Gasteiger partial charge in [0.15, 0.2) is 0 Å². The van der Waals surface area contributed by atoms with Crippen molar-refractivity contribution in [3.05, 3.63) is 12.2 Å². The Hall–Kier alpha value is -0.710. The van der Waals surface area contributed by atoms with Crippen molar-refractivity contribution in [2.24, 2.45) is 17.3 Å². The van der Waals surface area contributed by atoms with Crippen LogP contribution in [0.2, 0.25) is 0 Å². The number of methoxy groups -OCH3 is 2. The zero-order chi connectivity index (χ0) is 13.7. The molecule has 0 aromatic heterocycles. The van der Waals surface area contributed by atoms with Gasteiger partial charge >= 0.3 is 0 Å². The number of hydrogen-bond acceptors (Lipinski definition) is 4. The molecular weight excluding hydrogens is 244 g/mol. The van der Waals surface area contributed by atoms with E-state index in [1.807, 2.05) is 12.2 Å². The van der Waals surface area contributed by atoms with Crippen molar-refractivity contribution < 1.29 is 19.4 Å². The zero-order valence-electron chi connectivity index (χ0n) is 11.6. The number of rotatable bonds is 2. The molecule has 0 aromatic rings. The number of carbonyl (C=O) groups is 1. The van der Waals surface area contributed by atoms with Crippen LogP contribution in [0.3, 0.4) is 0 Å². The highest BCUT2D eigenvalue weighted by Gasteiger charge is 2.66. The van der Waals surface area contributed by atoms with E-state index in [1.54, 1.807) is 0 Å². The van der Waals surface area contributed by atoms with Crippen molar-refractivity contribution >= 4 is 5.78 Å². The molecule has 0 aliphatic heterocycles. The number of Topliss-reactive ketones (excluding diaryl/α,β-unsaturated/α-hetero) is 1. The lowest BCUT2D eigenvalue weighted by Gasteiger charge is -2.55. The largest absolute Gasteiger partial charge is 0.392 e. The topological polar surface area (TPSA) is 55.8 Å². The van der Waals surface area contributed by atoms with Crippen LogP contribution in [0.25, 0.3) is 0 Å². The number of aliphatic hydroxyl groups excluding tert-OH is 1. The van der Waals surface area contributed by atoms with Crippen LogP contribution in [-0.4, -0.2) is 37.0 Å². The summed E-state index contributed by atoms with van der Waals surface area (Å²) in [4.78, 5) is 13.0. The van der Waals surface area contributed by atoms with Crippen LogP contribution in [0.4, 0.5) is 0 Å². The maximum Gasteiger partial charge on any atom is 0.235 e. The SMILES string of the molecule is COC1(OC)C(=O)C23C=CC1C[C@@H]2CCCC[C@@H]3O. The monoisotopic (exact) mass is 266 g/mol. The smallest absolute Gasteiger partial charge is 0.235 e. The fraction of sp³-hybridized carbons (Fsp3) is 0.800. The second-order valence-corrected chi connectivity index (χ2v) is 6.04. The van der Waals surface area contributed by atoms with E-state index in [4.69, 9.17) is 9.47 Å². The van der Waals surface area contributed by atoms with Gasteiger partial charge in [-0.2, -0.15) is 0 Å². The highest BCUT2D eigenvalue weighted by Crippen LogP contribution is 2.57. The van der Waals surface area contributed by atoms with Gasteiger partial charge in [0.05, 0.1) is 11.5 Å². The van der Waals surface area contributed by atoms with Crippen molar-refractivity contribution in [2.45, 2.75) is 44.0 Å². The second-order valence-electron chi connectivity index (χ2n) is 6.04. The minimum absolute atomic E-state index is 0.0350. The van der Waals surface area contributed by atoms with E-state index in [-0.39, 0.29) is 17.6 Å². The van der Waals surface area contributed by atoms with E-state index in [1.165, 1.54) is 14.2 Å². The lowest BCUT2D eigenvalue weighted by molar-refractivity contribution is -0.253. The van der Waals surface area contributed by atoms with Crippen molar-refractivity contribution in [1.82, 2.24) is 0 Å². The average Bonchev–Trinajstić information content (AvgIpc) is 2.60. The van der Waals surface area contributed by atoms with Crippen LogP contribution in [0.15, 0.2) is 12.2 Å². The first-order valence-electron chi connectivity index (χ1n) is 7.14. The third-order valence-electron chi connectivity index (χ3n) is 5.45. The lowest BCUT2D eigenvalue weighted by atomic mass is 9.53. The molecule has 4 aliphatic carbocycles. The molecule has 0 radical (unpaired) electrons. The Kier molecular flexibility index (Phi) is 3.08. The predicted octanol–water partition coefficient (Wildman–Crippen LogP) is 1.67. The Balaban J connectivity index is 2.12. The summed E-state index contributed by atoms with van der Waals surface area (Å²) < 4.78 is 10.9. The maximum absolute atomic E-state index is 13.0. The molecule has 4 aliphatic rings. The normalized spacial score (nSPS) is 43.9. The molecule has 4 nitrogen and oxygen atoms in total. The molecule has 4 atom stereocenters. The minimum atomic E-state index is -1.20. The molecule has 0 aromatic carbocycles. The standard InChI is InChI=1S/C15H22O4/c1-18-15(19-2)11-7-8-14(13(15)17)10(9-11)5-3-4-6-12(14)16/h7-8,10-12,16H,3-6,9H2,1-2H3/t10-,11?,12-,14?/m0/s1. The van der Waals surface area contributed by atoms with Gasteiger partial charge in [-0.25, -0.2) is 0 Å². The van der Waals surface area contributed by atoms with Gasteiger partial charge in [0, 0.05) is 20.1 Å². The van der Waals surface area contributed by atoms with Crippen LogP contribution in [0.1, 0.15) is 32.1 Å². The van der Waals surface area contributed by atoms with E-state index in [2.05, 4.69) is 0 Å². The summed E-state index contributed by atoms with van der Waals surface area (Å²) in [6, 6.07) is 0. The van der Waals surface area contributed by atoms with Gasteiger partial charge < -0.3 is 14.6 Å². The highest BCUT2D eigenvalue weighted by molar-refractivity contribution is 5.96. The predicted molar refractivity (Wildman–Crippen MR) is 69.4 cm³/mol. The molecule has 106 valence electrons. The average molecular weight is 266 g/mol. The van der Waals surface area contributed by atoms with Crippen LogP contribution in [0.5, 0.6) is 0 Å². The summed E-state index contributed by atoms with van der Waals surface area (Å²) in [6.07, 6.45) is 7.96. The van der Waals surface area contributed by atoms with Gasteiger partial charge in [-0.1, -0.05) is 25.0 Å². The highest BCUT2D eigenvalue weighted by atomic mass is 16.7. The van der Waals surface area contributed by atoms with Gasteiger partial charge in [-0.15, -0.1) is 0 Å². The third-order valence-corrected chi connectivity index (χ3v) is 5.45. The fourth-order valence-electron chi connectivity index (χ4n) is 4.43. The number of aliphatic hydroxyl groups is 1.